The van der Waals surface area contributed by atoms with E-state index in [-0.39, 0.29) is 6.10 Å². The molecule has 3 nitrogen and oxygen atoms in total. The van der Waals surface area contributed by atoms with Crippen LogP contribution in [0, 0.1) is 19.8 Å². The number of aryl methyl sites for hydroxylation is 2. The third-order valence-corrected chi connectivity index (χ3v) is 4.81. The number of nitrogens with zero attached hydrogens (tertiary/aromatic N) is 2. The number of imidazole rings is 1. The van der Waals surface area contributed by atoms with Crippen LogP contribution in [0.5, 0.6) is 0 Å². The van der Waals surface area contributed by atoms with Gasteiger partial charge in [-0.2, -0.15) is 0 Å². The number of hydrogen-bond donors (Lipinski definition) is 1. The van der Waals surface area contributed by atoms with Gasteiger partial charge in [0, 0.05) is 0 Å². The van der Waals surface area contributed by atoms with Crippen molar-refractivity contribution < 1.29 is 5.11 Å². The molecule has 1 atom stereocenters. The Kier molecular flexibility index (Phi) is 3.79. The topological polar surface area (TPSA) is 38.0 Å². The molecule has 0 spiro atoms. The van der Waals surface area contributed by atoms with Crippen LogP contribution in [-0.4, -0.2) is 20.8 Å². The third kappa shape index (κ3) is 2.59. The molecule has 108 valence electrons. The quantitative estimate of drug-likeness (QED) is 0.927. The van der Waals surface area contributed by atoms with Gasteiger partial charge in [0.05, 0.1) is 30.0 Å². The van der Waals surface area contributed by atoms with Gasteiger partial charge < -0.3 is 9.67 Å². The van der Waals surface area contributed by atoms with Crippen molar-refractivity contribution in [3.8, 4) is 0 Å². The van der Waals surface area contributed by atoms with Crippen molar-refractivity contribution in [2.45, 2.75) is 58.6 Å². The third-order valence-electron chi connectivity index (χ3n) is 4.81. The van der Waals surface area contributed by atoms with Gasteiger partial charge >= 0.3 is 0 Å². The molecule has 1 fully saturated rings. The van der Waals surface area contributed by atoms with Crippen LogP contribution in [0.2, 0.25) is 0 Å². The second-order valence-corrected chi connectivity index (χ2v) is 6.29. The first kappa shape index (κ1) is 13.6. The van der Waals surface area contributed by atoms with Gasteiger partial charge in [-0.25, -0.2) is 4.98 Å². The first-order valence-corrected chi connectivity index (χ1v) is 7.75. The highest BCUT2D eigenvalue weighted by Crippen LogP contribution is 2.28. The van der Waals surface area contributed by atoms with Crippen molar-refractivity contribution in [1.82, 2.24) is 9.55 Å². The Hall–Kier alpha value is -1.35. The highest BCUT2D eigenvalue weighted by atomic mass is 16.3. The fourth-order valence-corrected chi connectivity index (χ4v) is 3.33. The molecule has 1 aromatic heterocycles. The molecule has 2 aromatic rings. The maximum absolute atomic E-state index is 10.5. The first-order chi connectivity index (χ1) is 9.65. The van der Waals surface area contributed by atoms with Crippen LogP contribution in [0.15, 0.2) is 18.5 Å². The van der Waals surface area contributed by atoms with Crippen molar-refractivity contribution in [3.63, 3.8) is 0 Å². The maximum atomic E-state index is 10.5. The average Bonchev–Trinajstić information content (AvgIpc) is 2.83. The largest absolute Gasteiger partial charge is 0.391 e. The van der Waals surface area contributed by atoms with Crippen LogP contribution in [0.25, 0.3) is 11.0 Å². The van der Waals surface area contributed by atoms with Crippen LogP contribution < -0.4 is 0 Å². The second kappa shape index (κ2) is 5.57. The Morgan fingerprint density at radius 2 is 1.90 bits per heavy atom. The summed E-state index contributed by atoms with van der Waals surface area (Å²) in [6.45, 7) is 4.91. The summed E-state index contributed by atoms with van der Waals surface area (Å²) in [5, 5.41) is 10.5. The Morgan fingerprint density at radius 3 is 2.65 bits per heavy atom. The lowest BCUT2D eigenvalue weighted by Gasteiger charge is -2.26. The van der Waals surface area contributed by atoms with E-state index in [1.807, 2.05) is 6.33 Å². The molecule has 3 rings (SSSR count). The number of aromatic nitrogens is 2. The molecule has 1 saturated carbocycles. The van der Waals surface area contributed by atoms with E-state index < -0.39 is 0 Å². The van der Waals surface area contributed by atoms with Crippen molar-refractivity contribution in [2.75, 3.05) is 0 Å². The molecule has 20 heavy (non-hydrogen) atoms. The second-order valence-electron chi connectivity index (χ2n) is 6.29. The lowest BCUT2D eigenvalue weighted by Crippen LogP contribution is -2.27. The van der Waals surface area contributed by atoms with E-state index >= 15 is 0 Å². The summed E-state index contributed by atoms with van der Waals surface area (Å²) in [5.74, 6) is 0.466. The predicted molar refractivity (Wildman–Crippen MR) is 81.8 cm³/mol. The van der Waals surface area contributed by atoms with Crippen molar-refractivity contribution >= 4 is 11.0 Å². The van der Waals surface area contributed by atoms with Gasteiger partial charge in [0.15, 0.2) is 0 Å². The molecule has 0 saturated heterocycles. The van der Waals surface area contributed by atoms with Gasteiger partial charge in [0.2, 0.25) is 0 Å². The van der Waals surface area contributed by atoms with Gasteiger partial charge in [-0.1, -0.05) is 19.3 Å². The highest BCUT2D eigenvalue weighted by molar-refractivity contribution is 5.77. The standard InChI is InChI=1S/C17H24N2O/c1-12-8-15-16(9-13(12)2)19(11-18-15)10-17(20)14-6-4-3-5-7-14/h8-9,11,14,17,20H,3-7,10H2,1-2H3. The zero-order valence-corrected chi connectivity index (χ0v) is 12.5. The van der Waals surface area contributed by atoms with E-state index in [2.05, 4.69) is 35.5 Å². The minimum atomic E-state index is -0.241. The molecule has 1 aromatic carbocycles. The Morgan fingerprint density at radius 1 is 1.20 bits per heavy atom. The highest BCUT2D eigenvalue weighted by Gasteiger charge is 2.22. The molecule has 0 radical (unpaired) electrons. The van der Waals surface area contributed by atoms with E-state index in [4.69, 9.17) is 0 Å². The smallest absolute Gasteiger partial charge is 0.0959 e. The molecule has 0 amide bonds. The molecule has 1 unspecified atom stereocenters. The zero-order valence-electron chi connectivity index (χ0n) is 12.5. The Labute approximate surface area is 120 Å². The van der Waals surface area contributed by atoms with Crippen LogP contribution in [0.3, 0.4) is 0 Å². The summed E-state index contributed by atoms with van der Waals surface area (Å²) in [7, 11) is 0. The summed E-state index contributed by atoms with van der Waals surface area (Å²) < 4.78 is 2.11. The molecule has 0 aliphatic heterocycles. The number of hydrogen-bond acceptors (Lipinski definition) is 2. The van der Waals surface area contributed by atoms with Crippen LogP contribution in [-0.2, 0) is 6.54 Å². The predicted octanol–water partition coefficient (Wildman–Crippen LogP) is 3.59. The summed E-state index contributed by atoms with van der Waals surface area (Å²) in [4.78, 5) is 4.47. The number of rotatable bonds is 3. The van der Waals surface area contributed by atoms with Gasteiger partial charge in [-0.15, -0.1) is 0 Å². The monoisotopic (exact) mass is 272 g/mol. The zero-order chi connectivity index (χ0) is 14.1. The molecular weight excluding hydrogens is 248 g/mol. The fraction of sp³-hybridized carbons (Fsp3) is 0.588. The van der Waals surface area contributed by atoms with Crippen LogP contribution in [0.1, 0.15) is 43.2 Å². The van der Waals surface area contributed by atoms with Crippen LogP contribution in [0.4, 0.5) is 0 Å². The molecule has 1 N–H and O–H groups in total. The van der Waals surface area contributed by atoms with Gasteiger partial charge in [0.1, 0.15) is 0 Å². The first-order valence-electron chi connectivity index (χ1n) is 7.75. The summed E-state index contributed by atoms with van der Waals surface area (Å²) in [6, 6.07) is 4.32. The summed E-state index contributed by atoms with van der Waals surface area (Å²) in [6.07, 6.45) is 7.84. The molecule has 0 bridgehead atoms. The summed E-state index contributed by atoms with van der Waals surface area (Å²) >= 11 is 0. The normalized spacial score (nSPS) is 18.6. The number of fused-ring (bicyclic) bond motifs is 1. The average molecular weight is 272 g/mol. The van der Waals surface area contributed by atoms with Gasteiger partial charge in [0.25, 0.3) is 0 Å². The minimum absolute atomic E-state index is 0.241. The lowest BCUT2D eigenvalue weighted by molar-refractivity contribution is 0.0705. The van der Waals surface area contributed by atoms with E-state index in [9.17, 15) is 5.11 Å². The van der Waals surface area contributed by atoms with Crippen molar-refractivity contribution in [3.05, 3.63) is 29.6 Å². The molecule has 3 heteroatoms. The number of benzene rings is 1. The molecule has 1 aliphatic carbocycles. The number of aliphatic hydroxyl groups excluding tert-OH is 1. The van der Waals surface area contributed by atoms with Gasteiger partial charge in [-0.3, -0.25) is 0 Å². The van der Waals surface area contributed by atoms with E-state index in [1.54, 1.807) is 0 Å². The number of aliphatic hydroxyl groups is 1. The molecular formula is C17H24N2O. The van der Waals surface area contributed by atoms with E-state index in [0.717, 1.165) is 11.0 Å². The van der Waals surface area contributed by atoms with Crippen molar-refractivity contribution in [2.24, 2.45) is 5.92 Å². The molecule has 1 aliphatic rings. The lowest BCUT2D eigenvalue weighted by atomic mass is 9.85. The SMILES string of the molecule is Cc1cc2ncn(CC(O)C3CCCCC3)c2cc1C. The van der Waals surface area contributed by atoms with E-state index in [0.29, 0.717) is 12.5 Å². The maximum Gasteiger partial charge on any atom is 0.0959 e. The fourth-order valence-electron chi connectivity index (χ4n) is 3.33. The van der Waals surface area contributed by atoms with Crippen molar-refractivity contribution in [1.29, 1.82) is 0 Å². The molecule has 1 heterocycles. The minimum Gasteiger partial charge on any atom is -0.391 e. The summed E-state index contributed by atoms with van der Waals surface area (Å²) in [5.41, 5.74) is 4.73. The van der Waals surface area contributed by atoms with Crippen LogP contribution >= 0.6 is 0 Å². The van der Waals surface area contributed by atoms with Gasteiger partial charge in [-0.05, 0) is 55.9 Å². The Bertz CT molecular complexity index is 596. The van der Waals surface area contributed by atoms with E-state index in [1.165, 1.54) is 43.2 Å². The Balaban J connectivity index is 1.81.